The van der Waals surface area contributed by atoms with Crippen LogP contribution in [-0.4, -0.2) is 57.8 Å². The highest BCUT2D eigenvalue weighted by Gasteiger charge is 2.25. The monoisotopic (exact) mass is 460 g/mol. The molecule has 1 saturated heterocycles. The van der Waals surface area contributed by atoms with Crippen LogP contribution in [0.15, 0.2) is 35.9 Å². The molecule has 3 rings (SSSR count). The van der Waals surface area contributed by atoms with Gasteiger partial charge in [-0.15, -0.1) is 0 Å². The molecule has 1 fully saturated rings. The summed E-state index contributed by atoms with van der Waals surface area (Å²) in [6.07, 6.45) is 3.65. The Morgan fingerprint density at radius 1 is 1.12 bits per heavy atom. The lowest BCUT2D eigenvalue weighted by molar-refractivity contribution is 0.0756. The minimum absolute atomic E-state index is 0.173. The smallest absolute Gasteiger partial charge is 0.254 e. The van der Waals surface area contributed by atoms with E-state index >= 15 is 0 Å². The van der Waals surface area contributed by atoms with Crippen LogP contribution in [0.1, 0.15) is 35.7 Å². The van der Waals surface area contributed by atoms with E-state index in [0.29, 0.717) is 29.4 Å². The Hall–Kier alpha value is -3.13. The van der Waals surface area contributed by atoms with Crippen molar-refractivity contribution in [3.8, 4) is 17.2 Å². The molecule has 8 heteroatoms. The first-order valence-electron chi connectivity index (χ1n) is 10.8. The van der Waals surface area contributed by atoms with Gasteiger partial charge in [0.25, 0.3) is 5.91 Å². The molecule has 1 aliphatic rings. The highest BCUT2D eigenvalue weighted by atomic mass is 19.1. The number of halogens is 2. The maximum atomic E-state index is 14.1. The largest absolute Gasteiger partial charge is 0.493 e. The van der Waals surface area contributed by atoms with Gasteiger partial charge in [0.2, 0.25) is 5.75 Å². The number of hydrogen-bond donors (Lipinski definition) is 1. The van der Waals surface area contributed by atoms with Crippen LogP contribution >= 0.6 is 0 Å². The highest BCUT2D eigenvalue weighted by molar-refractivity contribution is 5.96. The summed E-state index contributed by atoms with van der Waals surface area (Å²) in [7, 11) is 4.49. The summed E-state index contributed by atoms with van der Waals surface area (Å²) in [4.78, 5) is 15.3. The van der Waals surface area contributed by atoms with Crippen molar-refractivity contribution in [3.05, 3.63) is 58.7 Å². The number of amides is 1. The summed E-state index contributed by atoms with van der Waals surface area (Å²) >= 11 is 0. The number of ether oxygens (including phenoxy) is 3. The standard InChI is InChI=1S/C25H30F2N2O4/c1-16(10-17-7-8-19(26)13-21(17)27)14-29(15-20-6-5-9-28-20)25(30)18-11-22(31-2)24(33-4)23(12-18)32-3/h7-8,10-13,20,28H,5-6,9,14-15H2,1-4H3/b16-10+. The molecule has 2 aromatic carbocycles. The third-order valence-electron chi connectivity index (χ3n) is 5.61. The van der Waals surface area contributed by atoms with Gasteiger partial charge in [0.05, 0.1) is 21.3 Å². The van der Waals surface area contributed by atoms with Crippen molar-refractivity contribution in [2.45, 2.75) is 25.8 Å². The van der Waals surface area contributed by atoms with Crippen LogP contribution in [0, 0.1) is 11.6 Å². The van der Waals surface area contributed by atoms with Gasteiger partial charge in [-0.05, 0) is 50.6 Å². The molecule has 1 heterocycles. The van der Waals surface area contributed by atoms with Crippen LogP contribution in [0.25, 0.3) is 6.08 Å². The number of benzene rings is 2. The molecular formula is C25H30F2N2O4. The lowest BCUT2D eigenvalue weighted by atomic mass is 10.1. The first-order valence-corrected chi connectivity index (χ1v) is 10.8. The van der Waals surface area contributed by atoms with Gasteiger partial charge in [-0.25, -0.2) is 8.78 Å². The maximum Gasteiger partial charge on any atom is 0.254 e. The number of nitrogens with zero attached hydrogens (tertiary/aromatic N) is 1. The van der Waals surface area contributed by atoms with Crippen molar-refractivity contribution in [2.24, 2.45) is 0 Å². The second kappa shape index (κ2) is 11.1. The molecule has 1 atom stereocenters. The van der Waals surface area contributed by atoms with E-state index in [0.717, 1.165) is 31.0 Å². The van der Waals surface area contributed by atoms with Crippen molar-refractivity contribution in [1.82, 2.24) is 10.2 Å². The number of methoxy groups -OCH3 is 3. The van der Waals surface area contributed by atoms with E-state index in [9.17, 15) is 13.6 Å². The quantitative estimate of drug-likeness (QED) is 0.605. The third-order valence-corrected chi connectivity index (χ3v) is 5.61. The maximum absolute atomic E-state index is 14.1. The van der Waals surface area contributed by atoms with Crippen molar-refractivity contribution >= 4 is 12.0 Å². The summed E-state index contributed by atoms with van der Waals surface area (Å²) in [5.41, 5.74) is 1.43. The highest BCUT2D eigenvalue weighted by Crippen LogP contribution is 2.38. The summed E-state index contributed by atoms with van der Waals surface area (Å²) in [5, 5.41) is 3.41. The zero-order chi connectivity index (χ0) is 24.0. The van der Waals surface area contributed by atoms with Gasteiger partial charge >= 0.3 is 0 Å². The van der Waals surface area contributed by atoms with E-state index in [4.69, 9.17) is 14.2 Å². The first-order chi connectivity index (χ1) is 15.9. The molecule has 2 aromatic rings. The Bertz CT molecular complexity index is 994. The average molecular weight is 461 g/mol. The molecule has 0 bridgehead atoms. The van der Waals surface area contributed by atoms with Gasteiger partial charge in [-0.3, -0.25) is 4.79 Å². The lowest BCUT2D eigenvalue weighted by Crippen LogP contribution is -2.42. The number of carbonyl (C=O) groups excluding carboxylic acids is 1. The number of nitrogens with one attached hydrogen (secondary N) is 1. The lowest BCUT2D eigenvalue weighted by Gasteiger charge is -2.27. The Morgan fingerprint density at radius 3 is 2.36 bits per heavy atom. The van der Waals surface area contributed by atoms with E-state index in [-0.39, 0.29) is 24.1 Å². The molecule has 33 heavy (non-hydrogen) atoms. The van der Waals surface area contributed by atoms with Crippen LogP contribution < -0.4 is 19.5 Å². The van der Waals surface area contributed by atoms with E-state index in [2.05, 4.69) is 5.32 Å². The van der Waals surface area contributed by atoms with Gasteiger partial charge in [0.15, 0.2) is 11.5 Å². The van der Waals surface area contributed by atoms with Crippen molar-refractivity contribution in [2.75, 3.05) is 41.0 Å². The molecule has 178 valence electrons. The predicted molar refractivity (Wildman–Crippen MR) is 123 cm³/mol. The molecule has 0 saturated carbocycles. The molecular weight excluding hydrogens is 430 g/mol. The molecule has 0 spiro atoms. The zero-order valence-corrected chi connectivity index (χ0v) is 19.4. The third kappa shape index (κ3) is 6.01. The molecule has 6 nitrogen and oxygen atoms in total. The van der Waals surface area contributed by atoms with Gasteiger partial charge in [-0.2, -0.15) is 0 Å². The number of hydrogen-bond acceptors (Lipinski definition) is 5. The van der Waals surface area contributed by atoms with Crippen LogP contribution in [0.2, 0.25) is 0 Å². The Kier molecular flexibility index (Phi) is 8.27. The predicted octanol–water partition coefficient (Wildman–Crippen LogP) is 4.29. The van der Waals surface area contributed by atoms with E-state index in [1.165, 1.54) is 33.5 Å². The molecule has 1 aliphatic heterocycles. The summed E-state index contributed by atoms with van der Waals surface area (Å²) < 4.78 is 43.5. The Morgan fingerprint density at radius 2 is 1.82 bits per heavy atom. The van der Waals surface area contributed by atoms with Crippen molar-refractivity contribution in [3.63, 3.8) is 0 Å². The average Bonchev–Trinajstić information content (AvgIpc) is 3.32. The van der Waals surface area contributed by atoms with Gasteiger partial charge in [-0.1, -0.05) is 11.6 Å². The molecule has 1 N–H and O–H groups in total. The fraction of sp³-hybridized carbons (Fsp3) is 0.400. The fourth-order valence-electron chi connectivity index (χ4n) is 4.02. The van der Waals surface area contributed by atoms with Gasteiger partial charge < -0.3 is 24.4 Å². The topological polar surface area (TPSA) is 60.0 Å². The van der Waals surface area contributed by atoms with E-state index < -0.39 is 11.6 Å². The minimum Gasteiger partial charge on any atom is -0.493 e. The molecule has 1 unspecified atom stereocenters. The van der Waals surface area contributed by atoms with Crippen molar-refractivity contribution in [1.29, 1.82) is 0 Å². The Balaban J connectivity index is 1.91. The number of rotatable bonds is 9. The van der Waals surface area contributed by atoms with Crippen LogP contribution in [0.5, 0.6) is 17.2 Å². The summed E-state index contributed by atoms with van der Waals surface area (Å²) in [5.74, 6) is -0.304. The van der Waals surface area contributed by atoms with Gasteiger partial charge in [0, 0.05) is 36.3 Å². The van der Waals surface area contributed by atoms with Crippen LogP contribution in [0.4, 0.5) is 8.78 Å². The molecule has 0 aliphatic carbocycles. The van der Waals surface area contributed by atoms with Crippen LogP contribution in [0.3, 0.4) is 0 Å². The molecule has 1 amide bonds. The van der Waals surface area contributed by atoms with Gasteiger partial charge in [0.1, 0.15) is 11.6 Å². The summed E-state index contributed by atoms with van der Waals surface area (Å²) in [6.45, 7) is 3.50. The Labute approximate surface area is 193 Å². The fourth-order valence-corrected chi connectivity index (χ4v) is 4.02. The second-order valence-electron chi connectivity index (χ2n) is 8.05. The first kappa shape index (κ1) is 24.5. The summed E-state index contributed by atoms with van der Waals surface area (Å²) in [6, 6.07) is 6.86. The minimum atomic E-state index is -0.644. The second-order valence-corrected chi connectivity index (χ2v) is 8.05. The van der Waals surface area contributed by atoms with E-state index in [1.54, 1.807) is 23.1 Å². The SMILES string of the molecule is COc1cc(C(=O)N(C/C(C)=C/c2ccc(F)cc2F)CC2CCCN2)cc(OC)c1OC. The normalized spacial score (nSPS) is 15.9. The molecule has 0 radical (unpaired) electrons. The van der Waals surface area contributed by atoms with E-state index in [1.807, 2.05) is 6.92 Å². The zero-order valence-electron chi connectivity index (χ0n) is 19.4. The van der Waals surface area contributed by atoms with Crippen LogP contribution in [-0.2, 0) is 0 Å². The molecule has 0 aromatic heterocycles. The number of carbonyl (C=O) groups is 1. The van der Waals surface area contributed by atoms with Crippen molar-refractivity contribution < 1.29 is 27.8 Å².